The van der Waals surface area contributed by atoms with Crippen LogP contribution in [0.25, 0.3) is 0 Å². The molecule has 0 aliphatic heterocycles. The van der Waals surface area contributed by atoms with Gasteiger partial charge in [0.1, 0.15) is 5.82 Å². The third kappa shape index (κ3) is 3.69. The molecule has 0 saturated carbocycles. The maximum atomic E-state index is 13.4. The van der Waals surface area contributed by atoms with Gasteiger partial charge in [-0.05, 0) is 43.2 Å². The minimum atomic E-state index is -0.594. The van der Waals surface area contributed by atoms with E-state index in [-0.39, 0.29) is 5.69 Å². The molecule has 1 N–H and O–H groups in total. The van der Waals surface area contributed by atoms with E-state index >= 15 is 0 Å². The molecule has 4 nitrogen and oxygen atoms in total. The van der Waals surface area contributed by atoms with E-state index in [4.69, 9.17) is 4.74 Å². The molecule has 1 amide bonds. The average molecular weight is 301 g/mol. The van der Waals surface area contributed by atoms with Crippen molar-refractivity contribution in [1.29, 1.82) is 0 Å². The first-order valence-corrected chi connectivity index (χ1v) is 6.76. The fourth-order valence-electron chi connectivity index (χ4n) is 1.93. The number of benzene rings is 2. The molecule has 0 saturated heterocycles. The highest BCUT2D eigenvalue weighted by Crippen LogP contribution is 2.14. The second kappa shape index (κ2) is 6.85. The quantitative estimate of drug-likeness (QED) is 0.882. The van der Waals surface area contributed by atoms with Gasteiger partial charge >= 0.3 is 5.97 Å². The molecule has 0 spiro atoms. The van der Waals surface area contributed by atoms with Crippen LogP contribution in [0.15, 0.2) is 42.5 Å². The molecular formula is C17H16FNO3. The summed E-state index contributed by atoms with van der Waals surface area (Å²) in [4.78, 5) is 23.7. The van der Waals surface area contributed by atoms with Gasteiger partial charge in [0.2, 0.25) is 0 Å². The molecule has 114 valence electrons. The summed E-state index contributed by atoms with van der Waals surface area (Å²) in [6.45, 7) is 3.23. The number of carbonyl (C=O) groups is 2. The SMILES string of the molecule is Cc1cccc(C(=O)OCC(=O)Nc2ccccc2F)c1C. The predicted molar refractivity (Wildman–Crippen MR) is 81.2 cm³/mol. The van der Waals surface area contributed by atoms with Crippen LogP contribution < -0.4 is 5.32 Å². The molecule has 0 fully saturated rings. The number of rotatable bonds is 4. The number of nitrogens with one attached hydrogen (secondary N) is 1. The molecule has 0 unspecified atom stereocenters. The van der Waals surface area contributed by atoms with Crippen LogP contribution in [0.3, 0.4) is 0 Å². The van der Waals surface area contributed by atoms with Gasteiger partial charge in [0.05, 0.1) is 11.3 Å². The normalized spacial score (nSPS) is 10.1. The number of halogens is 1. The zero-order chi connectivity index (χ0) is 16.1. The molecular weight excluding hydrogens is 285 g/mol. The molecule has 2 aromatic carbocycles. The Kier molecular flexibility index (Phi) is 4.88. The van der Waals surface area contributed by atoms with E-state index in [1.54, 1.807) is 18.2 Å². The summed E-state index contributed by atoms with van der Waals surface area (Å²) >= 11 is 0. The molecule has 0 radical (unpaired) electrons. The molecule has 22 heavy (non-hydrogen) atoms. The summed E-state index contributed by atoms with van der Waals surface area (Å²) in [6, 6.07) is 11.1. The van der Waals surface area contributed by atoms with Crippen molar-refractivity contribution in [3.05, 3.63) is 65.0 Å². The van der Waals surface area contributed by atoms with Crippen LogP contribution >= 0.6 is 0 Å². The number of para-hydroxylation sites is 1. The Morgan fingerprint density at radius 1 is 1.09 bits per heavy atom. The Morgan fingerprint density at radius 2 is 1.82 bits per heavy atom. The van der Waals surface area contributed by atoms with Gasteiger partial charge in [0, 0.05) is 0 Å². The Balaban J connectivity index is 1.95. The third-order valence-corrected chi connectivity index (χ3v) is 3.31. The summed E-state index contributed by atoms with van der Waals surface area (Å²) in [5.74, 6) is -1.72. The first-order chi connectivity index (χ1) is 10.5. The van der Waals surface area contributed by atoms with Gasteiger partial charge in [-0.15, -0.1) is 0 Å². The minimum absolute atomic E-state index is 0.0512. The van der Waals surface area contributed by atoms with Crippen LogP contribution in [-0.4, -0.2) is 18.5 Å². The van der Waals surface area contributed by atoms with Crippen molar-refractivity contribution in [2.45, 2.75) is 13.8 Å². The lowest BCUT2D eigenvalue weighted by Gasteiger charge is -2.09. The Labute approximate surface area is 127 Å². The second-order valence-corrected chi connectivity index (χ2v) is 4.85. The molecule has 0 aliphatic carbocycles. The number of anilines is 1. The second-order valence-electron chi connectivity index (χ2n) is 4.85. The summed E-state index contributed by atoms with van der Waals surface area (Å²) in [7, 11) is 0. The van der Waals surface area contributed by atoms with Crippen LogP contribution in [0.2, 0.25) is 0 Å². The van der Waals surface area contributed by atoms with Crippen LogP contribution in [0.5, 0.6) is 0 Å². The third-order valence-electron chi connectivity index (χ3n) is 3.31. The maximum absolute atomic E-state index is 13.4. The van der Waals surface area contributed by atoms with E-state index in [1.807, 2.05) is 19.9 Å². The number of amides is 1. The summed E-state index contributed by atoms with van der Waals surface area (Å²) < 4.78 is 18.4. The molecule has 5 heteroatoms. The predicted octanol–water partition coefficient (Wildman–Crippen LogP) is 3.24. The molecule has 0 aliphatic rings. The van der Waals surface area contributed by atoms with E-state index in [0.29, 0.717) is 5.56 Å². The minimum Gasteiger partial charge on any atom is -0.452 e. The van der Waals surface area contributed by atoms with Gasteiger partial charge in [-0.1, -0.05) is 24.3 Å². The van der Waals surface area contributed by atoms with Gasteiger partial charge in [0.25, 0.3) is 5.91 Å². The van der Waals surface area contributed by atoms with E-state index < -0.39 is 24.3 Å². The number of hydrogen-bond acceptors (Lipinski definition) is 3. The molecule has 0 aromatic heterocycles. The van der Waals surface area contributed by atoms with Gasteiger partial charge < -0.3 is 10.1 Å². The maximum Gasteiger partial charge on any atom is 0.338 e. The van der Waals surface area contributed by atoms with Crippen molar-refractivity contribution >= 4 is 17.6 Å². The standard InChI is InChI=1S/C17H16FNO3/c1-11-6-5-7-13(12(11)2)17(21)22-10-16(20)19-15-9-4-3-8-14(15)18/h3-9H,10H2,1-2H3,(H,19,20). The van der Waals surface area contributed by atoms with Crippen molar-refractivity contribution in [2.75, 3.05) is 11.9 Å². The lowest BCUT2D eigenvalue weighted by Crippen LogP contribution is -2.21. The van der Waals surface area contributed by atoms with E-state index in [0.717, 1.165) is 11.1 Å². The van der Waals surface area contributed by atoms with Crippen molar-refractivity contribution in [3.8, 4) is 0 Å². The largest absolute Gasteiger partial charge is 0.452 e. The van der Waals surface area contributed by atoms with E-state index in [1.165, 1.54) is 18.2 Å². The summed E-state index contributed by atoms with van der Waals surface area (Å²) in [5.41, 5.74) is 2.24. The average Bonchev–Trinajstić information content (AvgIpc) is 2.50. The first kappa shape index (κ1) is 15.7. The fraction of sp³-hybridized carbons (Fsp3) is 0.176. The molecule has 0 heterocycles. The topological polar surface area (TPSA) is 55.4 Å². The molecule has 2 rings (SSSR count). The van der Waals surface area contributed by atoms with E-state index in [9.17, 15) is 14.0 Å². The molecule has 2 aromatic rings. The number of ether oxygens (including phenoxy) is 1. The number of hydrogen-bond donors (Lipinski definition) is 1. The smallest absolute Gasteiger partial charge is 0.338 e. The first-order valence-electron chi connectivity index (χ1n) is 6.76. The molecule has 0 atom stereocenters. The van der Waals surface area contributed by atoms with Crippen LogP contribution in [0.1, 0.15) is 21.5 Å². The van der Waals surface area contributed by atoms with Crippen LogP contribution in [0.4, 0.5) is 10.1 Å². The molecule has 0 bridgehead atoms. The monoisotopic (exact) mass is 301 g/mol. The zero-order valence-electron chi connectivity index (χ0n) is 12.4. The van der Waals surface area contributed by atoms with Gasteiger partial charge in [-0.2, -0.15) is 0 Å². The van der Waals surface area contributed by atoms with Crippen LogP contribution in [0, 0.1) is 19.7 Å². The van der Waals surface area contributed by atoms with E-state index in [2.05, 4.69) is 5.32 Å². The number of esters is 1. The number of aryl methyl sites for hydroxylation is 1. The van der Waals surface area contributed by atoms with Crippen LogP contribution in [-0.2, 0) is 9.53 Å². The highest BCUT2D eigenvalue weighted by atomic mass is 19.1. The lowest BCUT2D eigenvalue weighted by atomic mass is 10.0. The van der Waals surface area contributed by atoms with Crippen molar-refractivity contribution < 1.29 is 18.7 Å². The highest BCUT2D eigenvalue weighted by Gasteiger charge is 2.14. The Bertz CT molecular complexity index is 713. The number of carbonyl (C=O) groups excluding carboxylic acids is 2. The van der Waals surface area contributed by atoms with Gasteiger partial charge in [-0.3, -0.25) is 4.79 Å². The fourth-order valence-corrected chi connectivity index (χ4v) is 1.93. The summed E-state index contributed by atoms with van der Waals surface area (Å²) in [6.07, 6.45) is 0. The lowest BCUT2D eigenvalue weighted by molar-refractivity contribution is -0.119. The Morgan fingerprint density at radius 3 is 2.55 bits per heavy atom. The van der Waals surface area contributed by atoms with Gasteiger partial charge in [0.15, 0.2) is 6.61 Å². The van der Waals surface area contributed by atoms with Crippen molar-refractivity contribution in [1.82, 2.24) is 0 Å². The highest BCUT2D eigenvalue weighted by molar-refractivity contribution is 5.96. The summed E-state index contributed by atoms with van der Waals surface area (Å²) in [5, 5.41) is 2.35. The van der Waals surface area contributed by atoms with Gasteiger partial charge in [-0.25, -0.2) is 9.18 Å². The zero-order valence-corrected chi connectivity index (χ0v) is 12.4. The Hall–Kier alpha value is -2.69. The van der Waals surface area contributed by atoms with Crippen molar-refractivity contribution in [3.63, 3.8) is 0 Å². The van der Waals surface area contributed by atoms with Crippen molar-refractivity contribution in [2.24, 2.45) is 0 Å².